The summed E-state index contributed by atoms with van der Waals surface area (Å²) in [6, 6.07) is 4.33. The van der Waals surface area contributed by atoms with Crippen LogP contribution < -0.4 is 10.6 Å². The molecule has 0 saturated carbocycles. The Morgan fingerprint density at radius 1 is 1.33 bits per heavy atom. The van der Waals surface area contributed by atoms with Gasteiger partial charge in [-0.3, -0.25) is 5.10 Å². The van der Waals surface area contributed by atoms with Crippen LogP contribution in [-0.2, 0) is 6.54 Å². The van der Waals surface area contributed by atoms with E-state index in [4.69, 9.17) is 5.11 Å². The summed E-state index contributed by atoms with van der Waals surface area (Å²) in [5.41, 5.74) is 3.01. The summed E-state index contributed by atoms with van der Waals surface area (Å²) in [4.78, 5) is 22.8. The molecule has 0 radical (unpaired) electrons. The molecule has 4 N–H and O–H groups in total. The van der Waals surface area contributed by atoms with Gasteiger partial charge in [-0.2, -0.15) is 5.10 Å². The van der Waals surface area contributed by atoms with Crippen LogP contribution in [0.25, 0.3) is 0 Å². The van der Waals surface area contributed by atoms with Gasteiger partial charge in [-0.05, 0) is 31.5 Å². The maximum absolute atomic E-state index is 11.8. The molecular weight excluding hydrogens is 272 g/mol. The van der Waals surface area contributed by atoms with Crippen molar-refractivity contribution in [3.05, 3.63) is 46.8 Å². The van der Waals surface area contributed by atoms with E-state index < -0.39 is 12.0 Å². The number of aryl methyl sites for hydroxylation is 2. The molecule has 0 saturated heterocycles. The van der Waals surface area contributed by atoms with E-state index in [2.05, 4.69) is 20.8 Å². The van der Waals surface area contributed by atoms with Gasteiger partial charge >= 0.3 is 12.0 Å². The number of benzene rings is 1. The van der Waals surface area contributed by atoms with Crippen molar-refractivity contribution in [1.82, 2.24) is 15.5 Å². The van der Waals surface area contributed by atoms with Gasteiger partial charge in [-0.25, -0.2) is 9.59 Å². The van der Waals surface area contributed by atoms with Crippen LogP contribution in [0.15, 0.2) is 24.4 Å². The summed E-state index contributed by atoms with van der Waals surface area (Å²) < 4.78 is 0. The number of urea groups is 1. The van der Waals surface area contributed by atoms with Crippen molar-refractivity contribution >= 4 is 17.7 Å². The SMILES string of the molecule is Cc1ccc(NC(=O)NCc2cn[nH]c2C)cc1C(=O)O. The number of carbonyl (C=O) groups is 2. The number of hydrogen-bond acceptors (Lipinski definition) is 3. The molecule has 2 rings (SSSR count). The van der Waals surface area contributed by atoms with Crippen LogP contribution >= 0.6 is 0 Å². The minimum Gasteiger partial charge on any atom is -0.478 e. The Labute approximate surface area is 121 Å². The van der Waals surface area contributed by atoms with E-state index in [1.54, 1.807) is 25.3 Å². The van der Waals surface area contributed by atoms with E-state index in [1.807, 2.05) is 6.92 Å². The lowest BCUT2D eigenvalue weighted by Gasteiger charge is -2.09. The smallest absolute Gasteiger partial charge is 0.336 e. The number of anilines is 1. The number of carbonyl (C=O) groups excluding carboxylic acids is 1. The highest BCUT2D eigenvalue weighted by molar-refractivity contribution is 5.94. The quantitative estimate of drug-likeness (QED) is 0.690. The Bertz CT molecular complexity index is 679. The Morgan fingerprint density at radius 2 is 2.10 bits per heavy atom. The minimum absolute atomic E-state index is 0.165. The van der Waals surface area contributed by atoms with Crippen LogP contribution in [0.5, 0.6) is 0 Å². The number of aromatic nitrogens is 2. The van der Waals surface area contributed by atoms with E-state index in [0.717, 1.165) is 11.3 Å². The monoisotopic (exact) mass is 288 g/mol. The molecule has 21 heavy (non-hydrogen) atoms. The van der Waals surface area contributed by atoms with E-state index >= 15 is 0 Å². The van der Waals surface area contributed by atoms with Gasteiger partial charge in [-0.1, -0.05) is 6.07 Å². The molecule has 0 aliphatic heterocycles. The molecular formula is C14H16N4O3. The fraction of sp³-hybridized carbons (Fsp3) is 0.214. The number of carboxylic acids is 1. The Kier molecular flexibility index (Phi) is 4.22. The summed E-state index contributed by atoms with van der Waals surface area (Å²) in [5, 5.41) is 21.0. The zero-order chi connectivity index (χ0) is 15.4. The van der Waals surface area contributed by atoms with E-state index in [-0.39, 0.29) is 5.56 Å². The molecule has 0 fully saturated rings. The number of nitrogens with zero attached hydrogens (tertiary/aromatic N) is 1. The van der Waals surface area contributed by atoms with Gasteiger partial charge in [0, 0.05) is 23.5 Å². The number of H-pyrrole nitrogens is 1. The summed E-state index contributed by atoms with van der Waals surface area (Å²) in [5.74, 6) is -1.02. The molecule has 0 spiro atoms. The lowest BCUT2D eigenvalue weighted by Crippen LogP contribution is -2.28. The number of aromatic amines is 1. The van der Waals surface area contributed by atoms with Crippen molar-refractivity contribution in [2.75, 3.05) is 5.32 Å². The zero-order valence-electron chi connectivity index (χ0n) is 11.7. The largest absolute Gasteiger partial charge is 0.478 e. The van der Waals surface area contributed by atoms with Gasteiger partial charge in [0.05, 0.1) is 11.8 Å². The number of nitrogens with one attached hydrogen (secondary N) is 3. The molecule has 7 nitrogen and oxygen atoms in total. The average Bonchev–Trinajstić information content (AvgIpc) is 2.84. The lowest BCUT2D eigenvalue weighted by atomic mass is 10.1. The molecule has 0 atom stereocenters. The van der Waals surface area contributed by atoms with Crippen LogP contribution in [0.3, 0.4) is 0 Å². The first kappa shape index (κ1) is 14.6. The third kappa shape index (κ3) is 3.59. The van der Waals surface area contributed by atoms with E-state index in [9.17, 15) is 9.59 Å². The molecule has 1 heterocycles. The first-order valence-corrected chi connectivity index (χ1v) is 6.35. The second kappa shape index (κ2) is 6.08. The summed E-state index contributed by atoms with van der Waals surface area (Å²) >= 11 is 0. The summed E-state index contributed by atoms with van der Waals surface area (Å²) in [6.45, 7) is 3.90. The normalized spacial score (nSPS) is 10.2. The Hall–Kier alpha value is -2.83. The number of aromatic carboxylic acids is 1. The number of carboxylic acid groups (broad SMARTS) is 1. The van der Waals surface area contributed by atoms with Gasteiger partial charge in [0.15, 0.2) is 0 Å². The molecule has 0 unspecified atom stereocenters. The van der Waals surface area contributed by atoms with Crippen LogP contribution in [-0.4, -0.2) is 27.3 Å². The fourth-order valence-electron chi connectivity index (χ4n) is 1.83. The van der Waals surface area contributed by atoms with Gasteiger partial charge in [-0.15, -0.1) is 0 Å². The van der Waals surface area contributed by atoms with Crippen LogP contribution in [0.4, 0.5) is 10.5 Å². The first-order chi connectivity index (χ1) is 9.97. The van der Waals surface area contributed by atoms with Crippen molar-refractivity contribution < 1.29 is 14.7 Å². The van der Waals surface area contributed by atoms with Crippen LogP contribution in [0.2, 0.25) is 0 Å². The molecule has 7 heteroatoms. The highest BCUT2D eigenvalue weighted by Crippen LogP contribution is 2.15. The molecule has 0 bridgehead atoms. The standard InChI is InChI=1S/C14H16N4O3/c1-8-3-4-11(5-12(8)13(19)20)17-14(21)15-6-10-7-16-18-9(10)2/h3-5,7H,6H2,1-2H3,(H,16,18)(H,19,20)(H2,15,17,21). The minimum atomic E-state index is -1.02. The second-order valence-corrected chi connectivity index (χ2v) is 4.66. The van der Waals surface area contributed by atoms with Crippen molar-refractivity contribution in [1.29, 1.82) is 0 Å². The summed E-state index contributed by atoms with van der Waals surface area (Å²) in [7, 11) is 0. The molecule has 110 valence electrons. The Balaban J connectivity index is 1.98. The van der Waals surface area contributed by atoms with Gasteiger partial charge in [0.25, 0.3) is 0 Å². The zero-order valence-corrected chi connectivity index (χ0v) is 11.7. The average molecular weight is 288 g/mol. The van der Waals surface area contributed by atoms with Crippen molar-refractivity contribution in [3.8, 4) is 0 Å². The predicted molar refractivity (Wildman–Crippen MR) is 77.3 cm³/mol. The third-order valence-corrected chi connectivity index (χ3v) is 3.10. The third-order valence-electron chi connectivity index (χ3n) is 3.10. The molecule has 1 aromatic carbocycles. The molecule has 0 aliphatic carbocycles. The Morgan fingerprint density at radius 3 is 2.71 bits per heavy atom. The number of rotatable bonds is 4. The topological polar surface area (TPSA) is 107 Å². The number of hydrogen-bond donors (Lipinski definition) is 4. The van der Waals surface area contributed by atoms with Gasteiger partial charge < -0.3 is 15.7 Å². The molecule has 0 aliphatic rings. The lowest BCUT2D eigenvalue weighted by molar-refractivity contribution is 0.0696. The van der Waals surface area contributed by atoms with Crippen LogP contribution in [0, 0.1) is 13.8 Å². The maximum atomic E-state index is 11.8. The van der Waals surface area contributed by atoms with E-state index in [0.29, 0.717) is 17.8 Å². The number of amides is 2. The molecule has 2 amide bonds. The second-order valence-electron chi connectivity index (χ2n) is 4.66. The highest BCUT2D eigenvalue weighted by Gasteiger charge is 2.10. The highest BCUT2D eigenvalue weighted by atomic mass is 16.4. The van der Waals surface area contributed by atoms with Gasteiger partial charge in [0.2, 0.25) is 0 Å². The maximum Gasteiger partial charge on any atom is 0.336 e. The van der Waals surface area contributed by atoms with Crippen molar-refractivity contribution in [2.24, 2.45) is 0 Å². The molecule has 2 aromatic rings. The van der Waals surface area contributed by atoms with Gasteiger partial charge in [0.1, 0.15) is 0 Å². The first-order valence-electron chi connectivity index (χ1n) is 6.35. The van der Waals surface area contributed by atoms with Crippen LogP contribution in [0.1, 0.15) is 27.2 Å². The van der Waals surface area contributed by atoms with Crippen molar-refractivity contribution in [3.63, 3.8) is 0 Å². The molecule has 1 aromatic heterocycles. The fourth-order valence-corrected chi connectivity index (χ4v) is 1.83. The van der Waals surface area contributed by atoms with Crippen molar-refractivity contribution in [2.45, 2.75) is 20.4 Å². The summed E-state index contributed by atoms with van der Waals surface area (Å²) in [6.07, 6.45) is 1.64. The predicted octanol–water partition coefficient (Wildman–Crippen LogP) is 2.05. The van der Waals surface area contributed by atoms with E-state index in [1.165, 1.54) is 6.07 Å².